The van der Waals surface area contributed by atoms with E-state index in [0.29, 0.717) is 19.6 Å². The van der Waals surface area contributed by atoms with Crippen molar-refractivity contribution in [2.24, 2.45) is 11.8 Å². The molecule has 0 radical (unpaired) electrons. The average Bonchev–Trinajstić information content (AvgIpc) is 2.45. The number of ketones is 1. The lowest BCUT2D eigenvalue weighted by atomic mass is 9.75. The van der Waals surface area contributed by atoms with E-state index in [0.717, 1.165) is 24.9 Å². The molecule has 2 fully saturated rings. The summed E-state index contributed by atoms with van der Waals surface area (Å²) in [5, 5.41) is 0. The molecule has 2 rings (SSSR count). The molecule has 0 aromatic rings. The van der Waals surface area contributed by atoms with E-state index in [9.17, 15) is 9.59 Å². The molecule has 114 valence electrons. The van der Waals surface area contributed by atoms with Crippen LogP contribution >= 0.6 is 0 Å². The van der Waals surface area contributed by atoms with E-state index in [2.05, 4.69) is 4.90 Å². The summed E-state index contributed by atoms with van der Waals surface area (Å²) in [5.74, 6) is 1.61. The first kappa shape index (κ1) is 15.5. The number of likely N-dealkylation sites (tertiary alicyclic amines) is 1. The summed E-state index contributed by atoms with van der Waals surface area (Å²) < 4.78 is 4.85. The maximum absolute atomic E-state index is 11.9. The molecular weight excluding hydrogens is 254 g/mol. The van der Waals surface area contributed by atoms with Crippen LogP contribution in [0.25, 0.3) is 0 Å². The van der Waals surface area contributed by atoms with Crippen LogP contribution in [0.3, 0.4) is 0 Å². The Hall–Kier alpha value is -0.900. The lowest BCUT2D eigenvalue weighted by Crippen LogP contribution is -2.43. The van der Waals surface area contributed by atoms with Crippen LogP contribution in [-0.2, 0) is 14.3 Å². The van der Waals surface area contributed by atoms with Crippen LogP contribution in [0.15, 0.2) is 0 Å². The van der Waals surface area contributed by atoms with E-state index in [-0.39, 0.29) is 18.2 Å². The summed E-state index contributed by atoms with van der Waals surface area (Å²) in [6.45, 7) is 4.82. The van der Waals surface area contributed by atoms with Crippen LogP contribution in [0.4, 0.5) is 0 Å². The lowest BCUT2D eigenvalue weighted by molar-refractivity contribution is -0.144. The van der Waals surface area contributed by atoms with Crippen LogP contribution in [0.2, 0.25) is 0 Å². The standard InChI is InChI=1S/C16H27NO3/c1-2-20-16(19)8-7-15(18)12-17-10-9-13-5-3-4-6-14(13)11-17/h13-14H,2-12H2,1H3. The van der Waals surface area contributed by atoms with E-state index in [4.69, 9.17) is 4.74 Å². The van der Waals surface area contributed by atoms with Crippen molar-refractivity contribution in [3.05, 3.63) is 0 Å². The van der Waals surface area contributed by atoms with E-state index in [1.807, 2.05) is 0 Å². The highest BCUT2D eigenvalue weighted by Crippen LogP contribution is 2.35. The minimum Gasteiger partial charge on any atom is -0.466 e. The zero-order chi connectivity index (χ0) is 14.4. The van der Waals surface area contributed by atoms with Crippen molar-refractivity contribution in [1.82, 2.24) is 4.90 Å². The van der Waals surface area contributed by atoms with Crippen molar-refractivity contribution in [3.8, 4) is 0 Å². The quantitative estimate of drug-likeness (QED) is 0.701. The van der Waals surface area contributed by atoms with Crippen LogP contribution in [0.1, 0.15) is 51.9 Å². The molecule has 1 heterocycles. The summed E-state index contributed by atoms with van der Waals surface area (Å²) in [4.78, 5) is 25.5. The van der Waals surface area contributed by atoms with Gasteiger partial charge in [0.15, 0.2) is 0 Å². The number of carbonyl (C=O) groups excluding carboxylic acids is 2. The van der Waals surface area contributed by atoms with Crippen molar-refractivity contribution >= 4 is 11.8 Å². The smallest absolute Gasteiger partial charge is 0.306 e. The normalized spacial score (nSPS) is 26.9. The molecule has 0 bridgehead atoms. The molecule has 4 nitrogen and oxygen atoms in total. The van der Waals surface area contributed by atoms with Gasteiger partial charge in [-0.1, -0.05) is 19.3 Å². The molecule has 2 unspecified atom stereocenters. The number of piperidine rings is 1. The lowest BCUT2D eigenvalue weighted by Gasteiger charge is -2.41. The first-order chi connectivity index (χ1) is 9.69. The molecule has 0 spiro atoms. The molecule has 1 aliphatic carbocycles. The Balaban J connectivity index is 1.68. The minimum absolute atomic E-state index is 0.173. The zero-order valence-corrected chi connectivity index (χ0v) is 12.6. The second kappa shape index (κ2) is 7.77. The molecule has 0 N–H and O–H groups in total. The Morgan fingerprint density at radius 2 is 1.85 bits per heavy atom. The molecule has 0 aromatic heterocycles. The van der Waals surface area contributed by atoms with Crippen LogP contribution < -0.4 is 0 Å². The van der Waals surface area contributed by atoms with Gasteiger partial charge in [0.1, 0.15) is 5.78 Å². The monoisotopic (exact) mass is 281 g/mol. The maximum Gasteiger partial charge on any atom is 0.306 e. The molecule has 4 heteroatoms. The number of rotatable bonds is 6. The van der Waals surface area contributed by atoms with Gasteiger partial charge in [0.25, 0.3) is 0 Å². The summed E-state index contributed by atoms with van der Waals surface area (Å²) in [5.41, 5.74) is 0. The fourth-order valence-corrected chi connectivity index (χ4v) is 3.62. The number of hydrogen-bond acceptors (Lipinski definition) is 4. The summed E-state index contributed by atoms with van der Waals surface area (Å²) >= 11 is 0. The Labute approximate surface area is 121 Å². The molecule has 1 aliphatic heterocycles. The predicted molar refractivity (Wildman–Crippen MR) is 77.4 cm³/mol. The van der Waals surface area contributed by atoms with Crippen molar-refractivity contribution in [2.75, 3.05) is 26.2 Å². The van der Waals surface area contributed by atoms with Crippen molar-refractivity contribution < 1.29 is 14.3 Å². The topological polar surface area (TPSA) is 46.6 Å². The highest BCUT2D eigenvalue weighted by molar-refractivity contribution is 5.84. The van der Waals surface area contributed by atoms with Crippen LogP contribution in [-0.4, -0.2) is 42.9 Å². The maximum atomic E-state index is 11.9. The molecular formula is C16H27NO3. The molecule has 20 heavy (non-hydrogen) atoms. The van der Waals surface area contributed by atoms with Gasteiger partial charge in [-0.3, -0.25) is 14.5 Å². The van der Waals surface area contributed by atoms with Crippen molar-refractivity contribution in [1.29, 1.82) is 0 Å². The third-order valence-corrected chi connectivity index (χ3v) is 4.69. The highest BCUT2D eigenvalue weighted by Gasteiger charge is 2.31. The third-order valence-electron chi connectivity index (χ3n) is 4.69. The van der Waals surface area contributed by atoms with Crippen LogP contribution in [0, 0.1) is 11.8 Å². The van der Waals surface area contributed by atoms with Gasteiger partial charge in [0, 0.05) is 13.0 Å². The molecule has 1 saturated heterocycles. The molecule has 2 aliphatic rings. The van der Waals surface area contributed by atoms with Crippen molar-refractivity contribution in [3.63, 3.8) is 0 Å². The highest BCUT2D eigenvalue weighted by atomic mass is 16.5. The van der Waals surface area contributed by atoms with Gasteiger partial charge in [-0.15, -0.1) is 0 Å². The van der Waals surface area contributed by atoms with Gasteiger partial charge in [-0.05, 0) is 38.1 Å². The zero-order valence-electron chi connectivity index (χ0n) is 12.6. The van der Waals surface area contributed by atoms with E-state index in [1.54, 1.807) is 6.92 Å². The average molecular weight is 281 g/mol. The fraction of sp³-hybridized carbons (Fsp3) is 0.875. The molecule has 1 saturated carbocycles. The number of nitrogens with zero attached hydrogens (tertiary/aromatic N) is 1. The summed E-state index contributed by atoms with van der Waals surface area (Å²) in [6, 6.07) is 0. The Morgan fingerprint density at radius 1 is 1.10 bits per heavy atom. The first-order valence-electron chi connectivity index (χ1n) is 8.08. The fourth-order valence-electron chi connectivity index (χ4n) is 3.62. The third kappa shape index (κ3) is 4.58. The second-order valence-electron chi connectivity index (χ2n) is 6.17. The summed E-state index contributed by atoms with van der Waals surface area (Å²) in [7, 11) is 0. The van der Waals surface area contributed by atoms with Gasteiger partial charge < -0.3 is 4.74 Å². The number of ether oxygens (including phenoxy) is 1. The molecule has 0 amide bonds. The largest absolute Gasteiger partial charge is 0.466 e. The van der Waals surface area contributed by atoms with Gasteiger partial charge in [-0.25, -0.2) is 0 Å². The van der Waals surface area contributed by atoms with Crippen LogP contribution in [0.5, 0.6) is 0 Å². The van der Waals surface area contributed by atoms with Crippen molar-refractivity contribution in [2.45, 2.75) is 51.9 Å². The van der Waals surface area contributed by atoms with E-state index >= 15 is 0 Å². The van der Waals surface area contributed by atoms with Gasteiger partial charge >= 0.3 is 5.97 Å². The second-order valence-corrected chi connectivity index (χ2v) is 6.17. The molecule has 2 atom stereocenters. The number of hydrogen-bond donors (Lipinski definition) is 0. The minimum atomic E-state index is -0.258. The SMILES string of the molecule is CCOC(=O)CCC(=O)CN1CCC2CCCCC2C1. The Morgan fingerprint density at radius 3 is 2.60 bits per heavy atom. The number of fused-ring (bicyclic) bond motifs is 1. The first-order valence-corrected chi connectivity index (χ1v) is 8.08. The molecule has 0 aromatic carbocycles. The Bertz CT molecular complexity index is 343. The van der Waals surface area contributed by atoms with Gasteiger partial charge in [0.2, 0.25) is 0 Å². The number of esters is 1. The van der Waals surface area contributed by atoms with Gasteiger partial charge in [-0.2, -0.15) is 0 Å². The van der Waals surface area contributed by atoms with E-state index in [1.165, 1.54) is 32.1 Å². The van der Waals surface area contributed by atoms with Gasteiger partial charge in [0.05, 0.1) is 19.6 Å². The number of Topliss-reactive ketones (excluding diaryl/α,β-unsaturated/α-hetero) is 1. The summed E-state index contributed by atoms with van der Waals surface area (Å²) in [6.07, 6.45) is 7.25. The number of carbonyl (C=O) groups is 2. The predicted octanol–water partition coefficient (Wildman–Crippen LogP) is 2.41. The Kier molecular flexibility index (Phi) is 6.02. The van der Waals surface area contributed by atoms with E-state index < -0.39 is 0 Å².